The van der Waals surface area contributed by atoms with Crippen LogP contribution in [-0.4, -0.2) is 17.4 Å². The molecule has 0 atom stereocenters. The molecule has 0 amide bonds. The van der Waals surface area contributed by atoms with E-state index >= 15 is 0 Å². The summed E-state index contributed by atoms with van der Waals surface area (Å²) in [7, 11) is 1.61. The standard InChI is InChI=1S/C20H20BrNO3/c1-4-5-14-10-16(17(23)11-18(14)24-3)20-19(12(2)22-25-20)13-6-8-15(21)9-7-13/h6-11,23H,4-5H2,1-3H3. The van der Waals surface area contributed by atoms with Gasteiger partial charge in [0.15, 0.2) is 5.76 Å². The number of aromatic nitrogens is 1. The Hall–Kier alpha value is -2.27. The molecular formula is C20H20BrNO3. The number of aryl methyl sites for hydroxylation is 2. The topological polar surface area (TPSA) is 55.5 Å². The van der Waals surface area contributed by atoms with Gasteiger partial charge in [-0.3, -0.25) is 0 Å². The minimum Gasteiger partial charge on any atom is -0.507 e. The Morgan fingerprint density at radius 3 is 2.56 bits per heavy atom. The summed E-state index contributed by atoms with van der Waals surface area (Å²) in [6, 6.07) is 11.5. The van der Waals surface area contributed by atoms with E-state index in [0.717, 1.165) is 39.7 Å². The zero-order chi connectivity index (χ0) is 18.0. The maximum absolute atomic E-state index is 10.5. The summed E-state index contributed by atoms with van der Waals surface area (Å²) in [5, 5.41) is 14.6. The molecule has 0 bridgehead atoms. The van der Waals surface area contributed by atoms with Gasteiger partial charge in [0.05, 0.1) is 23.9 Å². The highest BCUT2D eigenvalue weighted by Gasteiger charge is 2.21. The van der Waals surface area contributed by atoms with Gasteiger partial charge in [-0.05, 0) is 42.7 Å². The third kappa shape index (κ3) is 3.42. The van der Waals surface area contributed by atoms with E-state index in [0.29, 0.717) is 17.1 Å². The Bertz CT molecular complexity index is 885. The van der Waals surface area contributed by atoms with Gasteiger partial charge in [-0.15, -0.1) is 0 Å². The predicted octanol–water partition coefficient (Wildman–Crippen LogP) is 5.75. The van der Waals surface area contributed by atoms with Crippen molar-refractivity contribution in [2.24, 2.45) is 0 Å². The van der Waals surface area contributed by atoms with Crippen molar-refractivity contribution >= 4 is 15.9 Å². The summed E-state index contributed by atoms with van der Waals surface area (Å²) in [4.78, 5) is 0. The fourth-order valence-electron chi connectivity index (χ4n) is 2.96. The predicted molar refractivity (Wildman–Crippen MR) is 102 cm³/mol. The fraction of sp³-hybridized carbons (Fsp3) is 0.250. The Morgan fingerprint density at radius 2 is 1.92 bits per heavy atom. The third-order valence-electron chi connectivity index (χ3n) is 4.16. The molecule has 3 aromatic rings. The van der Waals surface area contributed by atoms with Crippen molar-refractivity contribution in [2.45, 2.75) is 26.7 Å². The van der Waals surface area contributed by atoms with Gasteiger partial charge in [-0.1, -0.05) is 46.6 Å². The van der Waals surface area contributed by atoms with Crippen LogP contribution in [0.3, 0.4) is 0 Å². The summed E-state index contributed by atoms with van der Waals surface area (Å²) in [5.41, 5.74) is 4.32. The molecule has 2 aromatic carbocycles. The van der Waals surface area contributed by atoms with E-state index in [-0.39, 0.29) is 5.75 Å². The van der Waals surface area contributed by atoms with Crippen LogP contribution < -0.4 is 4.74 Å². The molecule has 5 heteroatoms. The lowest BCUT2D eigenvalue weighted by Gasteiger charge is -2.12. The quantitative estimate of drug-likeness (QED) is 0.591. The molecule has 0 spiro atoms. The van der Waals surface area contributed by atoms with Gasteiger partial charge >= 0.3 is 0 Å². The van der Waals surface area contributed by atoms with Crippen LogP contribution in [0.15, 0.2) is 45.4 Å². The third-order valence-corrected chi connectivity index (χ3v) is 4.69. The molecular weight excluding hydrogens is 382 g/mol. The van der Waals surface area contributed by atoms with Crippen molar-refractivity contribution in [2.75, 3.05) is 7.11 Å². The largest absolute Gasteiger partial charge is 0.507 e. The summed E-state index contributed by atoms with van der Waals surface area (Å²) in [5.74, 6) is 1.37. The van der Waals surface area contributed by atoms with Crippen molar-refractivity contribution in [3.05, 3.63) is 52.1 Å². The number of aromatic hydroxyl groups is 1. The number of rotatable bonds is 5. The van der Waals surface area contributed by atoms with Crippen LogP contribution in [0.4, 0.5) is 0 Å². The van der Waals surface area contributed by atoms with E-state index in [9.17, 15) is 5.11 Å². The normalized spacial score (nSPS) is 10.9. The lowest BCUT2D eigenvalue weighted by atomic mass is 9.97. The Labute approximate surface area is 155 Å². The molecule has 25 heavy (non-hydrogen) atoms. The van der Waals surface area contributed by atoms with E-state index < -0.39 is 0 Å². The zero-order valence-electron chi connectivity index (χ0n) is 14.5. The molecule has 1 N–H and O–H groups in total. The molecule has 0 saturated carbocycles. The Morgan fingerprint density at radius 1 is 1.20 bits per heavy atom. The van der Waals surface area contributed by atoms with Crippen LogP contribution in [-0.2, 0) is 6.42 Å². The number of hydrogen-bond donors (Lipinski definition) is 1. The second-order valence-corrected chi connectivity index (χ2v) is 6.83. The molecule has 0 saturated heterocycles. The number of phenolic OH excluding ortho intramolecular Hbond substituents is 1. The number of halogens is 1. The van der Waals surface area contributed by atoms with E-state index in [1.807, 2.05) is 37.3 Å². The second kappa shape index (κ2) is 7.31. The van der Waals surface area contributed by atoms with Crippen molar-refractivity contribution in [3.63, 3.8) is 0 Å². The number of phenols is 1. The molecule has 0 radical (unpaired) electrons. The molecule has 0 unspecified atom stereocenters. The summed E-state index contributed by atoms with van der Waals surface area (Å²) in [6.07, 6.45) is 1.84. The molecule has 0 aliphatic carbocycles. The van der Waals surface area contributed by atoms with Crippen LogP contribution >= 0.6 is 15.9 Å². The van der Waals surface area contributed by atoms with Crippen molar-refractivity contribution in [1.82, 2.24) is 5.16 Å². The summed E-state index contributed by atoms with van der Waals surface area (Å²) >= 11 is 3.45. The van der Waals surface area contributed by atoms with Crippen LogP contribution in [0.25, 0.3) is 22.5 Å². The SMILES string of the molecule is CCCc1cc(-c2onc(C)c2-c2ccc(Br)cc2)c(O)cc1OC. The first kappa shape index (κ1) is 17.5. The van der Waals surface area contributed by atoms with Crippen molar-refractivity contribution < 1.29 is 14.4 Å². The second-order valence-electron chi connectivity index (χ2n) is 5.91. The van der Waals surface area contributed by atoms with Crippen LogP contribution in [0, 0.1) is 6.92 Å². The van der Waals surface area contributed by atoms with Gasteiger partial charge in [0, 0.05) is 10.5 Å². The van der Waals surface area contributed by atoms with Crippen molar-refractivity contribution in [1.29, 1.82) is 0 Å². The van der Waals surface area contributed by atoms with Crippen LogP contribution in [0.1, 0.15) is 24.6 Å². The molecule has 0 aliphatic rings. The van der Waals surface area contributed by atoms with Crippen LogP contribution in [0.5, 0.6) is 11.5 Å². The average molecular weight is 402 g/mol. The van der Waals surface area contributed by atoms with Gasteiger partial charge in [-0.25, -0.2) is 0 Å². The van der Waals surface area contributed by atoms with E-state index in [1.165, 1.54) is 0 Å². The van der Waals surface area contributed by atoms with E-state index in [2.05, 4.69) is 28.0 Å². The molecule has 130 valence electrons. The molecule has 4 nitrogen and oxygen atoms in total. The number of benzene rings is 2. The maximum atomic E-state index is 10.5. The highest BCUT2D eigenvalue weighted by molar-refractivity contribution is 9.10. The van der Waals surface area contributed by atoms with Crippen LogP contribution in [0.2, 0.25) is 0 Å². The monoisotopic (exact) mass is 401 g/mol. The molecule has 1 heterocycles. The number of nitrogens with zero attached hydrogens (tertiary/aromatic N) is 1. The fourth-order valence-corrected chi connectivity index (χ4v) is 3.22. The van der Waals surface area contributed by atoms with Gasteiger partial charge < -0.3 is 14.4 Å². The lowest BCUT2D eigenvalue weighted by molar-refractivity contribution is 0.400. The van der Waals surface area contributed by atoms with Crippen molar-refractivity contribution in [3.8, 4) is 33.9 Å². The number of ether oxygens (including phenoxy) is 1. The highest BCUT2D eigenvalue weighted by atomic mass is 79.9. The Balaban J connectivity index is 2.17. The minimum absolute atomic E-state index is 0.117. The maximum Gasteiger partial charge on any atom is 0.178 e. The average Bonchev–Trinajstić information content (AvgIpc) is 2.98. The smallest absolute Gasteiger partial charge is 0.178 e. The van der Waals surface area contributed by atoms with Gasteiger partial charge in [0.2, 0.25) is 0 Å². The Kier molecular flexibility index (Phi) is 5.13. The van der Waals surface area contributed by atoms with Gasteiger partial charge in [0.1, 0.15) is 11.5 Å². The first-order chi connectivity index (χ1) is 12.0. The summed E-state index contributed by atoms with van der Waals surface area (Å²) < 4.78 is 12.0. The lowest BCUT2D eigenvalue weighted by Crippen LogP contribution is -1.94. The van der Waals surface area contributed by atoms with E-state index in [4.69, 9.17) is 9.26 Å². The number of methoxy groups -OCH3 is 1. The molecule has 1 aromatic heterocycles. The highest BCUT2D eigenvalue weighted by Crippen LogP contribution is 2.42. The first-order valence-corrected chi connectivity index (χ1v) is 8.96. The van der Waals surface area contributed by atoms with Gasteiger partial charge in [-0.2, -0.15) is 0 Å². The first-order valence-electron chi connectivity index (χ1n) is 8.17. The number of hydrogen-bond acceptors (Lipinski definition) is 4. The zero-order valence-corrected chi connectivity index (χ0v) is 16.1. The molecule has 3 rings (SSSR count). The molecule has 0 aliphatic heterocycles. The summed E-state index contributed by atoms with van der Waals surface area (Å²) in [6.45, 7) is 4.01. The minimum atomic E-state index is 0.117. The van der Waals surface area contributed by atoms with E-state index in [1.54, 1.807) is 13.2 Å². The molecule has 0 fully saturated rings. The van der Waals surface area contributed by atoms with Gasteiger partial charge in [0.25, 0.3) is 0 Å².